The van der Waals surface area contributed by atoms with Crippen molar-refractivity contribution in [2.24, 2.45) is 7.05 Å². The van der Waals surface area contributed by atoms with E-state index >= 15 is 0 Å². The summed E-state index contributed by atoms with van der Waals surface area (Å²) in [6.45, 7) is 0.560. The van der Waals surface area contributed by atoms with Crippen LogP contribution >= 0.6 is 0 Å². The van der Waals surface area contributed by atoms with E-state index in [1.54, 1.807) is 23.0 Å². The highest BCUT2D eigenvalue weighted by molar-refractivity contribution is 7.80. The fourth-order valence-electron chi connectivity index (χ4n) is 3.99. The van der Waals surface area contributed by atoms with E-state index < -0.39 is 11.3 Å². The Kier molecular flexibility index (Phi) is 4.68. The number of anilines is 1. The minimum absolute atomic E-state index is 0.170. The van der Waals surface area contributed by atoms with E-state index in [2.05, 4.69) is 14.8 Å². The van der Waals surface area contributed by atoms with E-state index in [0.717, 1.165) is 33.0 Å². The Morgan fingerprint density at radius 2 is 1.97 bits per heavy atom. The second kappa shape index (κ2) is 7.53. The van der Waals surface area contributed by atoms with E-state index in [4.69, 9.17) is 0 Å². The average Bonchev–Trinajstić information content (AvgIpc) is 3.30. The van der Waals surface area contributed by atoms with E-state index in [0.29, 0.717) is 17.7 Å². The highest BCUT2D eigenvalue weighted by atomic mass is 32.2. The molecule has 2 aromatic carbocycles. The summed E-state index contributed by atoms with van der Waals surface area (Å²) in [7, 11) is 1.82. The maximum atomic E-state index is 12.3. The van der Waals surface area contributed by atoms with Gasteiger partial charge in [-0.1, -0.05) is 30.3 Å². The van der Waals surface area contributed by atoms with Gasteiger partial charge in [0, 0.05) is 35.8 Å². The van der Waals surface area contributed by atoms with Gasteiger partial charge in [0.2, 0.25) is 0 Å². The normalized spacial score (nSPS) is 12.5. The molecule has 5 aromatic rings. The van der Waals surface area contributed by atoms with Gasteiger partial charge in [-0.15, -0.1) is 0 Å². The third-order valence-electron chi connectivity index (χ3n) is 5.35. The quantitative estimate of drug-likeness (QED) is 0.369. The molecule has 1 unspecified atom stereocenters. The van der Waals surface area contributed by atoms with Crippen LogP contribution < -0.4 is 10.3 Å². The predicted octanol–water partition coefficient (Wildman–Crippen LogP) is 3.48. The third kappa shape index (κ3) is 3.43. The van der Waals surface area contributed by atoms with Crippen molar-refractivity contribution >= 4 is 38.8 Å². The molecule has 31 heavy (non-hydrogen) atoms. The summed E-state index contributed by atoms with van der Waals surface area (Å²) in [5.74, 6) is 0. The van der Waals surface area contributed by atoms with Gasteiger partial charge in [-0.25, -0.2) is 4.21 Å². The summed E-state index contributed by atoms with van der Waals surface area (Å²) in [6.07, 6.45) is 5.19. The molecule has 156 valence electrons. The van der Waals surface area contributed by atoms with Gasteiger partial charge in [-0.05, 0) is 29.3 Å². The van der Waals surface area contributed by atoms with E-state index in [9.17, 15) is 13.6 Å². The number of benzene rings is 2. The molecule has 8 nitrogen and oxygen atoms in total. The summed E-state index contributed by atoms with van der Waals surface area (Å²) < 4.78 is 27.3. The highest BCUT2D eigenvalue weighted by Crippen LogP contribution is 2.35. The molecule has 0 aliphatic carbocycles. The second-order valence-electron chi connectivity index (χ2n) is 7.32. The van der Waals surface area contributed by atoms with Gasteiger partial charge in [0.15, 0.2) is 0 Å². The maximum Gasteiger partial charge on any atom is 0.272 e. The molecule has 3 aromatic heterocycles. The van der Waals surface area contributed by atoms with Crippen molar-refractivity contribution in [1.29, 1.82) is 0 Å². The number of rotatable bonds is 5. The number of nitrogens with one attached hydrogen (secondary N) is 2. The Hall–Kier alpha value is -3.69. The second-order valence-corrected chi connectivity index (χ2v) is 8.02. The predicted molar refractivity (Wildman–Crippen MR) is 122 cm³/mol. The van der Waals surface area contributed by atoms with Gasteiger partial charge in [-0.3, -0.25) is 18.8 Å². The lowest BCUT2D eigenvalue weighted by Crippen LogP contribution is -2.07. The van der Waals surface area contributed by atoms with Crippen LogP contribution in [0.4, 0.5) is 5.69 Å². The van der Waals surface area contributed by atoms with Crippen molar-refractivity contribution in [2.75, 3.05) is 4.72 Å². The zero-order valence-corrected chi connectivity index (χ0v) is 17.4. The Morgan fingerprint density at radius 1 is 1.16 bits per heavy atom. The number of aromatic amines is 1. The fourth-order valence-corrected chi connectivity index (χ4v) is 4.35. The van der Waals surface area contributed by atoms with Crippen molar-refractivity contribution in [3.63, 3.8) is 0 Å². The van der Waals surface area contributed by atoms with Crippen LogP contribution in [0.2, 0.25) is 0 Å². The standard InChI is InChI=1S/C22H19N5O3S/c1-26-13-18(16-7-8-23-22(28)21(16)26)15-9-19(25-31(29)30)17-11-24-27(20(17)10-15)12-14-5-3-2-4-6-14/h2-11,13,25H,12H2,1H3,(H,23,28)(H,29,30). The number of hydrogen-bond acceptors (Lipinski definition) is 3. The van der Waals surface area contributed by atoms with Crippen molar-refractivity contribution in [2.45, 2.75) is 6.54 Å². The molecule has 3 N–H and O–H groups in total. The van der Waals surface area contributed by atoms with Crippen LogP contribution in [-0.2, 0) is 24.9 Å². The molecule has 1 atom stereocenters. The SMILES string of the molecule is Cn1cc(-c2cc(NS(=O)O)c3cnn(Cc4ccccc4)c3c2)c2cc[nH]c(=O)c21. The molecule has 3 heterocycles. The number of H-pyrrole nitrogens is 1. The third-order valence-corrected chi connectivity index (χ3v) is 5.74. The van der Waals surface area contributed by atoms with E-state index in [-0.39, 0.29) is 5.56 Å². The topological polar surface area (TPSA) is 105 Å². The van der Waals surface area contributed by atoms with Crippen molar-refractivity contribution in [1.82, 2.24) is 19.3 Å². The molecular weight excluding hydrogens is 414 g/mol. The van der Waals surface area contributed by atoms with Crippen molar-refractivity contribution in [3.05, 3.63) is 83.0 Å². The van der Waals surface area contributed by atoms with Gasteiger partial charge >= 0.3 is 0 Å². The average molecular weight is 433 g/mol. The first-order valence-corrected chi connectivity index (χ1v) is 10.7. The zero-order valence-electron chi connectivity index (χ0n) is 16.6. The Labute approximate surface area is 179 Å². The fraction of sp³-hybridized carbons (Fsp3) is 0.0909. The minimum atomic E-state index is -2.24. The summed E-state index contributed by atoms with van der Waals surface area (Å²) in [6, 6.07) is 15.6. The molecule has 0 bridgehead atoms. The van der Waals surface area contributed by atoms with E-state index in [1.165, 1.54) is 0 Å². The van der Waals surface area contributed by atoms with Gasteiger partial charge in [0.1, 0.15) is 5.52 Å². The van der Waals surface area contributed by atoms with Crippen LogP contribution in [0.5, 0.6) is 0 Å². The van der Waals surface area contributed by atoms with Gasteiger partial charge < -0.3 is 9.55 Å². The Bertz CT molecular complexity index is 1500. The maximum absolute atomic E-state index is 12.3. The number of fused-ring (bicyclic) bond motifs is 2. The Morgan fingerprint density at radius 3 is 2.74 bits per heavy atom. The molecule has 0 saturated heterocycles. The highest BCUT2D eigenvalue weighted by Gasteiger charge is 2.16. The van der Waals surface area contributed by atoms with E-state index in [1.807, 2.05) is 60.4 Å². The lowest BCUT2D eigenvalue weighted by atomic mass is 10.0. The van der Waals surface area contributed by atoms with Crippen LogP contribution in [0.15, 0.2) is 71.9 Å². The van der Waals surface area contributed by atoms with Crippen molar-refractivity contribution < 1.29 is 8.76 Å². The molecule has 0 amide bonds. The molecular formula is C22H19N5O3S. The molecule has 0 spiro atoms. The molecule has 0 saturated carbocycles. The summed E-state index contributed by atoms with van der Waals surface area (Å²) >= 11 is -2.24. The zero-order chi connectivity index (χ0) is 21.5. The summed E-state index contributed by atoms with van der Waals surface area (Å²) in [4.78, 5) is 15.0. The summed E-state index contributed by atoms with van der Waals surface area (Å²) in [5.41, 5.74) is 4.46. The molecule has 0 fully saturated rings. The van der Waals surface area contributed by atoms with Crippen LogP contribution in [0.1, 0.15) is 5.56 Å². The van der Waals surface area contributed by atoms with Gasteiger partial charge in [-0.2, -0.15) is 5.10 Å². The first-order chi connectivity index (χ1) is 15.0. The number of pyridine rings is 1. The van der Waals surface area contributed by atoms with Crippen LogP contribution in [-0.4, -0.2) is 28.1 Å². The monoisotopic (exact) mass is 433 g/mol. The first kappa shape index (κ1) is 19.3. The molecule has 9 heteroatoms. The molecule has 5 rings (SSSR count). The van der Waals surface area contributed by atoms with Crippen LogP contribution in [0.3, 0.4) is 0 Å². The summed E-state index contributed by atoms with van der Waals surface area (Å²) in [5, 5.41) is 6.05. The lowest BCUT2D eigenvalue weighted by Gasteiger charge is -2.10. The number of aryl methyl sites for hydroxylation is 1. The minimum Gasteiger partial charge on any atom is -0.345 e. The first-order valence-electron chi connectivity index (χ1n) is 9.59. The number of nitrogens with zero attached hydrogens (tertiary/aromatic N) is 3. The number of aromatic nitrogens is 4. The lowest BCUT2D eigenvalue weighted by molar-refractivity contribution is 0.570. The number of hydrogen-bond donors (Lipinski definition) is 3. The molecule has 0 aliphatic heterocycles. The molecule has 0 radical (unpaired) electrons. The van der Waals surface area contributed by atoms with Gasteiger partial charge in [0.05, 0.1) is 23.9 Å². The largest absolute Gasteiger partial charge is 0.345 e. The van der Waals surface area contributed by atoms with Crippen LogP contribution in [0, 0.1) is 0 Å². The van der Waals surface area contributed by atoms with Crippen LogP contribution in [0.25, 0.3) is 32.9 Å². The van der Waals surface area contributed by atoms with Gasteiger partial charge in [0.25, 0.3) is 16.8 Å². The Balaban J connectivity index is 1.74. The smallest absolute Gasteiger partial charge is 0.272 e. The molecule has 0 aliphatic rings. The van der Waals surface area contributed by atoms with Crippen molar-refractivity contribution in [3.8, 4) is 11.1 Å².